The third-order valence-electron chi connectivity index (χ3n) is 10.3. The molecule has 0 amide bonds. The smallest absolute Gasteiger partial charge is 0.164 e. The zero-order valence-electron chi connectivity index (χ0n) is 27.7. The molecule has 6 aromatic carbocycles. The van der Waals surface area contributed by atoms with Crippen LogP contribution in [0.4, 0.5) is 0 Å². The molecule has 0 atom stereocenters. The lowest BCUT2D eigenvalue weighted by atomic mass is 9.81. The molecule has 3 heterocycles. The maximum Gasteiger partial charge on any atom is 0.164 e. The van der Waals surface area contributed by atoms with Gasteiger partial charge in [-0.05, 0) is 69.4 Å². The Morgan fingerprint density at radius 1 is 0.500 bits per heavy atom. The van der Waals surface area contributed by atoms with Gasteiger partial charge in [-0.3, -0.25) is 4.57 Å². The summed E-state index contributed by atoms with van der Waals surface area (Å²) in [7, 11) is 0. The van der Waals surface area contributed by atoms with E-state index in [2.05, 4.69) is 140 Å². The van der Waals surface area contributed by atoms with E-state index < -0.39 is 0 Å². The molecule has 0 bridgehead atoms. The number of rotatable bonds is 4. The highest BCUT2D eigenvalue weighted by molar-refractivity contribution is 6.08. The van der Waals surface area contributed by atoms with E-state index in [-0.39, 0.29) is 5.41 Å². The Balaban J connectivity index is 1.15. The SMILES string of the molecule is CC1(C)c2cc(-c3nc(-c4ccccc4)nc(-c4ccc5ccccc5c4)n3)ccc2-c2cccc(-n3c4ccccc4c4cccnc43)c21. The molecule has 5 nitrogen and oxygen atoms in total. The summed E-state index contributed by atoms with van der Waals surface area (Å²) in [6.07, 6.45) is 1.89. The molecule has 236 valence electrons. The first-order valence-electron chi connectivity index (χ1n) is 17.0. The molecule has 50 heavy (non-hydrogen) atoms. The summed E-state index contributed by atoms with van der Waals surface area (Å²) in [5, 5.41) is 4.70. The summed E-state index contributed by atoms with van der Waals surface area (Å²) in [6, 6.07) is 51.1. The standard InChI is InChI=1S/C45H31N5/c1-45(2)37-27-32(43-48-41(29-13-4-3-5-14-29)47-42(49-43)31-22-21-28-12-6-7-15-30(28)26-31)23-24-33(37)35-17-10-20-39(40(35)45)50-38-19-9-8-16-34(38)36-18-11-25-46-44(36)50/h3-27H,1-2H3. The summed E-state index contributed by atoms with van der Waals surface area (Å²) in [5.74, 6) is 1.97. The Morgan fingerprint density at radius 2 is 1.18 bits per heavy atom. The van der Waals surface area contributed by atoms with Gasteiger partial charge in [0.05, 0.1) is 11.2 Å². The maximum absolute atomic E-state index is 5.12. The topological polar surface area (TPSA) is 56.5 Å². The Hall–Kier alpha value is -6.46. The average Bonchev–Trinajstić information content (AvgIpc) is 3.63. The zero-order valence-corrected chi connectivity index (χ0v) is 27.7. The van der Waals surface area contributed by atoms with Crippen LogP contribution in [0.5, 0.6) is 0 Å². The van der Waals surface area contributed by atoms with Crippen LogP contribution in [-0.4, -0.2) is 24.5 Å². The van der Waals surface area contributed by atoms with Gasteiger partial charge in [-0.25, -0.2) is 19.9 Å². The largest absolute Gasteiger partial charge is 0.294 e. The van der Waals surface area contributed by atoms with Crippen LogP contribution in [0.25, 0.3) is 83.7 Å². The molecule has 0 radical (unpaired) electrons. The fourth-order valence-electron chi connectivity index (χ4n) is 7.90. The van der Waals surface area contributed by atoms with Crippen molar-refractivity contribution in [1.29, 1.82) is 0 Å². The Labute approximate surface area is 289 Å². The van der Waals surface area contributed by atoms with Gasteiger partial charge in [0.1, 0.15) is 5.65 Å². The lowest BCUT2D eigenvalue weighted by Crippen LogP contribution is -2.18. The molecule has 0 N–H and O–H groups in total. The van der Waals surface area contributed by atoms with Crippen LogP contribution in [0.2, 0.25) is 0 Å². The second-order valence-electron chi connectivity index (χ2n) is 13.5. The average molecular weight is 642 g/mol. The molecular formula is C45H31N5. The summed E-state index contributed by atoms with van der Waals surface area (Å²) < 4.78 is 2.34. The predicted octanol–water partition coefficient (Wildman–Crippen LogP) is 10.8. The third kappa shape index (κ3) is 4.26. The lowest BCUT2D eigenvalue weighted by Gasteiger charge is -2.25. The molecule has 1 aliphatic carbocycles. The molecule has 5 heteroatoms. The molecule has 1 aliphatic rings. The van der Waals surface area contributed by atoms with Gasteiger partial charge in [0.15, 0.2) is 17.5 Å². The fraction of sp³-hybridized carbons (Fsp3) is 0.0667. The van der Waals surface area contributed by atoms with Crippen molar-refractivity contribution in [2.24, 2.45) is 0 Å². The van der Waals surface area contributed by atoms with Crippen LogP contribution in [0, 0.1) is 0 Å². The van der Waals surface area contributed by atoms with Crippen molar-refractivity contribution in [2.75, 3.05) is 0 Å². The molecule has 3 aromatic heterocycles. The van der Waals surface area contributed by atoms with Crippen molar-refractivity contribution in [3.05, 3.63) is 163 Å². The minimum absolute atomic E-state index is 0.305. The molecular weight excluding hydrogens is 611 g/mol. The van der Waals surface area contributed by atoms with E-state index in [1.165, 1.54) is 33.0 Å². The summed E-state index contributed by atoms with van der Waals surface area (Å²) in [6.45, 7) is 4.66. The Kier molecular flexibility index (Phi) is 6.15. The van der Waals surface area contributed by atoms with Crippen LogP contribution in [0.3, 0.4) is 0 Å². The van der Waals surface area contributed by atoms with E-state index in [9.17, 15) is 0 Å². The van der Waals surface area contributed by atoms with Gasteiger partial charge in [0, 0.05) is 39.1 Å². The maximum atomic E-state index is 5.12. The summed E-state index contributed by atoms with van der Waals surface area (Å²) in [5.41, 5.74) is 10.9. The monoisotopic (exact) mass is 641 g/mol. The van der Waals surface area contributed by atoms with Gasteiger partial charge >= 0.3 is 0 Å². The van der Waals surface area contributed by atoms with Gasteiger partial charge in [-0.15, -0.1) is 0 Å². The van der Waals surface area contributed by atoms with Gasteiger partial charge in [0.2, 0.25) is 0 Å². The molecule has 0 saturated heterocycles. The normalized spacial score (nSPS) is 13.2. The van der Waals surface area contributed by atoms with E-state index in [1.807, 2.05) is 30.5 Å². The minimum atomic E-state index is -0.305. The number of aromatic nitrogens is 5. The number of para-hydroxylation sites is 1. The number of hydrogen-bond donors (Lipinski definition) is 0. The van der Waals surface area contributed by atoms with Crippen molar-refractivity contribution in [1.82, 2.24) is 24.5 Å². The number of hydrogen-bond acceptors (Lipinski definition) is 4. The van der Waals surface area contributed by atoms with E-state index in [0.717, 1.165) is 44.3 Å². The van der Waals surface area contributed by atoms with Crippen molar-refractivity contribution < 1.29 is 0 Å². The van der Waals surface area contributed by atoms with E-state index in [1.54, 1.807) is 0 Å². The first-order chi connectivity index (χ1) is 24.5. The second kappa shape index (κ2) is 10.8. The van der Waals surface area contributed by atoms with Gasteiger partial charge in [-0.2, -0.15) is 0 Å². The number of pyridine rings is 1. The first kappa shape index (κ1) is 28.5. The molecule has 0 saturated carbocycles. The van der Waals surface area contributed by atoms with E-state index >= 15 is 0 Å². The Bertz CT molecular complexity index is 2740. The van der Waals surface area contributed by atoms with Gasteiger partial charge in [-0.1, -0.05) is 123 Å². The van der Waals surface area contributed by atoms with Crippen LogP contribution in [0.15, 0.2) is 152 Å². The highest BCUT2D eigenvalue weighted by Crippen LogP contribution is 2.52. The third-order valence-corrected chi connectivity index (χ3v) is 10.3. The van der Waals surface area contributed by atoms with Gasteiger partial charge in [0.25, 0.3) is 0 Å². The molecule has 9 aromatic rings. The van der Waals surface area contributed by atoms with Crippen LogP contribution >= 0.6 is 0 Å². The van der Waals surface area contributed by atoms with Crippen LogP contribution < -0.4 is 0 Å². The van der Waals surface area contributed by atoms with Crippen LogP contribution in [-0.2, 0) is 5.41 Å². The highest BCUT2D eigenvalue weighted by Gasteiger charge is 2.38. The van der Waals surface area contributed by atoms with Gasteiger partial charge < -0.3 is 0 Å². The highest BCUT2D eigenvalue weighted by atomic mass is 15.1. The quantitative estimate of drug-likeness (QED) is 0.192. The molecule has 0 spiro atoms. The van der Waals surface area contributed by atoms with E-state index in [0.29, 0.717) is 17.5 Å². The molecule has 0 unspecified atom stereocenters. The Morgan fingerprint density at radius 3 is 2.02 bits per heavy atom. The number of benzene rings is 6. The number of nitrogens with zero attached hydrogens (tertiary/aromatic N) is 5. The van der Waals surface area contributed by atoms with Crippen molar-refractivity contribution >= 4 is 32.7 Å². The van der Waals surface area contributed by atoms with Crippen LogP contribution in [0.1, 0.15) is 25.0 Å². The predicted molar refractivity (Wildman–Crippen MR) is 203 cm³/mol. The minimum Gasteiger partial charge on any atom is -0.294 e. The van der Waals surface area contributed by atoms with Crippen molar-refractivity contribution in [2.45, 2.75) is 19.3 Å². The first-order valence-corrected chi connectivity index (χ1v) is 17.0. The zero-order chi connectivity index (χ0) is 33.4. The molecule has 0 aliphatic heterocycles. The summed E-state index contributed by atoms with van der Waals surface area (Å²) >= 11 is 0. The molecule has 0 fully saturated rings. The fourth-order valence-corrected chi connectivity index (χ4v) is 7.90. The van der Waals surface area contributed by atoms with Crippen molar-refractivity contribution in [3.63, 3.8) is 0 Å². The lowest BCUT2D eigenvalue weighted by molar-refractivity contribution is 0.656. The van der Waals surface area contributed by atoms with E-state index in [4.69, 9.17) is 19.9 Å². The molecule has 10 rings (SSSR count). The number of fused-ring (bicyclic) bond motifs is 7. The second-order valence-corrected chi connectivity index (χ2v) is 13.5. The van der Waals surface area contributed by atoms with Crippen molar-refractivity contribution in [3.8, 4) is 51.0 Å². The summed E-state index contributed by atoms with van der Waals surface area (Å²) in [4.78, 5) is 20.1.